The van der Waals surface area contributed by atoms with E-state index in [-0.39, 0.29) is 11.7 Å². The molecular formula is C21H18ClF3N4O2S. The second kappa shape index (κ2) is 9.25. The first-order valence-electron chi connectivity index (χ1n) is 9.65. The van der Waals surface area contributed by atoms with Crippen molar-refractivity contribution in [2.75, 3.05) is 36.4 Å². The molecule has 0 bridgehead atoms. The van der Waals surface area contributed by atoms with Crippen LogP contribution in [0.5, 0.6) is 5.75 Å². The van der Waals surface area contributed by atoms with Gasteiger partial charge in [-0.25, -0.2) is 4.98 Å². The average molecular weight is 483 g/mol. The molecule has 1 N–H and O–H groups in total. The highest BCUT2D eigenvalue weighted by molar-refractivity contribution is 7.14. The van der Waals surface area contributed by atoms with Gasteiger partial charge in [0.05, 0.1) is 0 Å². The van der Waals surface area contributed by atoms with Crippen LogP contribution >= 0.6 is 22.9 Å². The standard InChI is InChI=1S/C21H18ClF3N4O2S/c22-14-2-1-3-16(12-14)28-8-10-29(11-9-28)19(30)18-13-32-20(27-18)26-15-4-6-17(7-5-15)31-21(23,24)25/h1-7,12-13H,8-11H2,(H,26,27). The van der Waals surface area contributed by atoms with Crippen LogP contribution in [0.15, 0.2) is 53.9 Å². The van der Waals surface area contributed by atoms with Gasteiger partial charge in [-0.1, -0.05) is 17.7 Å². The van der Waals surface area contributed by atoms with Crippen molar-refractivity contribution in [1.82, 2.24) is 9.88 Å². The van der Waals surface area contributed by atoms with Crippen LogP contribution in [-0.2, 0) is 0 Å². The molecule has 32 heavy (non-hydrogen) atoms. The first-order chi connectivity index (χ1) is 15.3. The number of amides is 1. The molecule has 0 radical (unpaired) electrons. The fraction of sp³-hybridized carbons (Fsp3) is 0.238. The van der Waals surface area contributed by atoms with E-state index in [0.29, 0.717) is 47.7 Å². The number of piperazine rings is 1. The predicted octanol–water partition coefficient (Wildman–Crippen LogP) is 5.40. The first-order valence-corrected chi connectivity index (χ1v) is 10.9. The Morgan fingerprint density at radius 3 is 2.47 bits per heavy atom. The highest BCUT2D eigenvalue weighted by atomic mass is 35.5. The lowest BCUT2D eigenvalue weighted by atomic mass is 10.2. The number of carbonyl (C=O) groups excluding carboxylic acids is 1. The van der Waals surface area contributed by atoms with Crippen LogP contribution in [0, 0.1) is 0 Å². The highest BCUT2D eigenvalue weighted by Crippen LogP contribution is 2.27. The van der Waals surface area contributed by atoms with Crippen molar-refractivity contribution < 1.29 is 22.7 Å². The zero-order valence-corrected chi connectivity index (χ0v) is 18.2. The Bertz CT molecular complexity index is 1080. The second-order valence-corrected chi connectivity index (χ2v) is 8.29. The van der Waals surface area contributed by atoms with Crippen LogP contribution in [0.2, 0.25) is 5.02 Å². The van der Waals surface area contributed by atoms with Gasteiger partial charge in [-0.3, -0.25) is 4.79 Å². The number of aromatic nitrogens is 1. The Morgan fingerprint density at radius 2 is 1.81 bits per heavy atom. The molecule has 0 atom stereocenters. The lowest BCUT2D eigenvalue weighted by molar-refractivity contribution is -0.274. The third-order valence-electron chi connectivity index (χ3n) is 4.80. The maximum atomic E-state index is 12.8. The summed E-state index contributed by atoms with van der Waals surface area (Å²) in [6.07, 6.45) is -4.74. The molecule has 1 aliphatic rings. The summed E-state index contributed by atoms with van der Waals surface area (Å²) in [5.41, 5.74) is 1.88. The molecule has 1 aromatic heterocycles. The van der Waals surface area contributed by atoms with Crippen LogP contribution in [0.1, 0.15) is 10.5 Å². The molecule has 1 aliphatic heterocycles. The third-order valence-corrected chi connectivity index (χ3v) is 5.80. The number of ether oxygens (including phenoxy) is 1. The van der Waals surface area contributed by atoms with E-state index < -0.39 is 6.36 Å². The summed E-state index contributed by atoms with van der Waals surface area (Å²) in [6.45, 7) is 2.50. The zero-order valence-electron chi connectivity index (χ0n) is 16.6. The molecule has 1 fully saturated rings. The highest BCUT2D eigenvalue weighted by Gasteiger charge is 2.31. The molecule has 0 aliphatic carbocycles. The largest absolute Gasteiger partial charge is 0.573 e. The third kappa shape index (κ3) is 5.63. The van der Waals surface area contributed by atoms with Gasteiger partial charge in [-0.2, -0.15) is 0 Å². The van der Waals surface area contributed by atoms with E-state index in [9.17, 15) is 18.0 Å². The van der Waals surface area contributed by atoms with Gasteiger partial charge < -0.3 is 19.9 Å². The summed E-state index contributed by atoms with van der Waals surface area (Å²) in [7, 11) is 0. The van der Waals surface area contributed by atoms with E-state index in [2.05, 4.69) is 19.9 Å². The number of halogens is 4. The molecule has 2 heterocycles. The lowest BCUT2D eigenvalue weighted by Gasteiger charge is -2.35. The number of nitrogens with zero attached hydrogens (tertiary/aromatic N) is 3. The van der Waals surface area contributed by atoms with E-state index >= 15 is 0 Å². The number of hydrogen-bond donors (Lipinski definition) is 1. The minimum Gasteiger partial charge on any atom is -0.406 e. The van der Waals surface area contributed by atoms with Crippen LogP contribution in [0.4, 0.5) is 29.7 Å². The molecule has 0 saturated carbocycles. The van der Waals surface area contributed by atoms with Crippen LogP contribution in [-0.4, -0.2) is 48.3 Å². The maximum absolute atomic E-state index is 12.8. The van der Waals surface area contributed by atoms with Crippen LogP contribution in [0.3, 0.4) is 0 Å². The van der Waals surface area contributed by atoms with Crippen LogP contribution < -0.4 is 15.0 Å². The van der Waals surface area contributed by atoms with Crippen molar-refractivity contribution in [3.8, 4) is 5.75 Å². The van der Waals surface area contributed by atoms with Gasteiger partial charge in [0.25, 0.3) is 5.91 Å². The van der Waals surface area contributed by atoms with E-state index in [0.717, 1.165) is 5.69 Å². The van der Waals surface area contributed by atoms with Gasteiger partial charge >= 0.3 is 6.36 Å². The molecule has 2 aromatic carbocycles. The second-order valence-electron chi connectivity index (χ2n) is 6.99. The van der Waals surface area contributed by atoms with Crippen molar-refractivity contribution in [1.29, 1.82) is 0 Å². The molecule has 1 amide bonds. The summed E-state index contributed by atoms with van der Waals surface area (Å²) in [4.78, 5) is 21.1. The maximum Gasteiger partial charge on any atom is 0.573 e. The molecule has 168 valence electrons. The Balaban J connectivity index is 1.33. The Hall–Kier alpha value is -2.98. The quantitative estimate of drug-likeness (QED) is 0.527. The van der Waals surface area contributed by atoms with Crippen LogP contribution in [0.25, 0.3) is 0 Å². The molecule has 11 heteroatoms. The molecule has 6 nitrogen and oxygen atoms in total. The van der Waals surface area contributed by atoms with Crippen molar-refractivity contribution in [2.24, 2.45) is 0 Å². The number of hydrogen-bond acceptors (Lipinski definition) is 6. The SMILES string of the molecule is O=C(c1csc(Nc2ccc(OC(F)(F)F)cc2)n1)N1CCN(c2cccc(Cl)c2)CC1. The first kappa shape index (κ1) is 22.2. The fourth-order valence-electron chi connectivity index (χ4n) is 3.30. The number of alkyl halides is 3. The predicted molar refractivity (Wildman–Crippen MR) is 118 cm³/mol. The molecule has 4 rings (SSSR count). The van der Waals surface area contributed by atoms with Gasteiger partial charge in [0.2, 0.25) is 0 Å². The monoisotopic (exact) mass is 482 g/mol. The van der Waals surface area contributed by atoms with Crippen molar-refractivity contribution >= 4 is 45.4 Å². The normalized spacial score (nSPS) is 14.4. The fourth-order valence-corrected chi connectivity index (χ4v) is 4.18. The van der Waals surface area contributed by atoms with Gasteiger partial charge in [-0.05, 0) is 42.5 Å². The van der Waals surface area contributed by atoms with E-state index in [1.54, 1.807) is 10.3 Å². The number of nitrogens with one attached hydrogen (secondary N) is 1. The Morgan fingerprint density at radius 1 is 1.09 bits per heavy atom. The van der Waals surface area contributed by atoms with Gasteiger partial charge in [0.15, 0.2) is 5.13 Å². The summed E-state index contributed by atoms with van der Waals surface area (Å²) >= 11 is 7.31. The summed E-state index contributed by atoms with van der Waals surface area (Å²) in [5, 5.41) is 5.79. The summed E-state index contributed by atoms with van der Waals surface area (Å²) < 4.78 is 40.6. The zero-order chi connectivity index (χ0) is 22.7. The molecule has 0 spiro atoms. The summed E-state index contributed by atoms with van der Waals surface area (Å²) in [5.74, 6) is -0.469. The number of carbonyl (C=O) groups is 1. The number of thiazole rings is 1. The van der Waals surface area contributed by atoms with Crippen molar-refractivity contribution in [2.45, 2.75) is 6.36 Å². The molecule has 3 aromatic rings. The average Bonchev–Trinajstić information content (AvgIpc) is 3.22. The molecular weight excluding hydrogens is 465 g/mol. The number of anilines is 3. The van der Waals surface area contributed by atoms with Gasteiger partial charge in [0.1, 0.15) is 11.4 Å². The smallest absolute Gasteiger partial charge is 0.406 e. The van der Waals surface area contributed by atoms with Gasteiger partial charge in [0, 0.05) is 48.0 Å². The van der Waals surface area contributed by atoms with E-state index in [1.165, 1.54) is 35.6 Å². The minimum atomic E-state index is -4.74. The van der Waals surface area contributed by atoms with Crippen molar-refractivity contribution in [3.63, 3.8) is 0 Å². The van der Waals surface area contributed by atoms with E-state index in [4.69, 9.17) is 11.6 Å². The summed E-state index contributed by atoms with van der Waals surface area (Å²) in [6, 6.07) is 12.9. The number of benzene rings is 2. The van der Waals surface area contributed by atoms with Gasteiger partial charge in [-0.15, -0.1) is 24.5 Å². The van der Waals surface area contributed by atoms with E-state index in [1.807, 2.05) is 24.3 Å². The Kier molecular flexibility index (Phi) is 6.43. The Labute approximate surface area is 191 Å². The minimum absolute atomic E-state index is 0.158. The lowest BCUT2D eigenvalue weighted by Crippen LogP contribution is -2.48. The number of rotatable bonds is 5. The van der Waals surface area contributed by atoms with Crippen molar-refractivity contribution in [3.05, 3.63) is 64.6 Å². The molecule has 1 saturated heterocycles. The topological polar surface area (TPSA) is 57.7 Å². The molecule has 0 unspecified atom stereocenters.